The van der Waals surface area contributed by atoms with Crippen LogP contribution in [0.15, 0.2) is 65.2 Å². The molecule has 1 atom stereocenters. The maximum absolute atomic E-state index is 12.2. The Kier molecular flexibility index (Phi) is 7.52. The van der Waals surface area contributed by atoms with Crippen molar-refractivity contribution in [1.29, 1.82) is 5.26 Å². The summed E-state index contributed by atoms with van der Waals surface area (Å²) in [5, 5.41) is 12.9. The number of carbonyl (C=O) groups excluding carboxylic acids is 2. The van der Waals surface area contributed by atoms with E-state index in [1.807, 2.05) is 61.5 Å². The third-order valence-electron chi connectivity index (χ3n) is 4.53. The summed E-state index contributed by atoms with van der Waals surface area (Å²) >= 11 is 1.11. The molecule has 154 valence electrons. The van der Waals surface area contributed by atoms with Gasteiger partial charge in [0.1, 0.15) is 12.4 Å². The number of nitriles is 1. The van der Waals surface area contributed by atoms with Crippen LogP contribution in [0.5, 0.6) is 5.75 Å². The van der Waals surface area contributed by atoms with Gasteiger partial charge in [-0.15, -0.1) is 0 Å². The third kappa shape index (κ3) is 5.65. The first-order chi connectivity index (χ1) is 14.6. The Bertz CT molecular complexity index is 965. The van der Waals surface area contributed by atoms with E-state index < -0.39 is 5.97 Å². The van der Waals surface area contributed by atoms with Crippen LogP contribution in [0.3, 0.4) is 0 Å². The minimum absolute atomic E-state index is 0.00360. The average Bonchev–Trinajstić information content (AvgIpc) is 2.77. The van der Waals surface area contributed by atoms with E-state index in [4.69, 9.17) is 9.47 Å². The SMILES string of the molecule is CCOc1ccc(C2CC(=O)NC(SCC(=O)OCc3ccccc3)=C2C#N)cc1. The van der Waals surface area contributed by atoms with E-state index >= 15 is 0 Å². The van der Waals surface area contributed by atoms with Crippen LogP contribution < -0.4 is 10.1 Å². The van der Waals surface area contributed by atoms with Gasteiger partial charge in [-0.2, -0.15) is 5.26 Å². The number of nitrogens with zero attached hydrogens (tertiary/aromatic N) is 1. The number of benzene rings is 2. The van der Waals surface area contributed by atoms with Crippen LogP contribution in [0.1, 0.15) is 30.4 Å². The molecule has 2 aromatic rings. The number of esters is 1. The van der Waals surface area contributed by atoms with Crippen LogP contribution in [0.2, 0.25) is 0 Å². The highest BCUT2D eigenvalue weighted by Crippen LogP contribution is 2.36. The molecule has 0 spiro atoms. The summed E-state index contributed by atoms with van der Waals surface area (Å²) in [7, 11) is 0. The maximum atomic E-state index is 12.2. The van der Waals surface area contributed by atoms with Crippen molar-refractivity contribution in [3.8, 4) is 11.8 Å². The van der Waals surface area contributed by atoms with Gasteiger partial charge in [0.15, 0.2) is 0 Å². The Labute approximate surface area is 179 Å². The second-order valence-corrected chi connectivity index (χ2v) is 7.58. The summed E-state index contributed by atoms with van der Waals surface area (Å²) in [5.41, 5.74) is 2.20. The zero-order chi connectivity index (χ0) is 21.3. The van der Waals surface area contributed by atoms with Gasteiger partial charge in [-0.25, -0.2) is 0 Å². The van der Waals surface area contributed by atoms with Gasteiger partial charge in [-0.3, -0.25) is 9.59 Å². The van der Waals surface area contributed by atoms with E-state index in [0.29, 0.717) is 17.2 Å². The molecule has 0 radical (unpaired) electrons. The molecule has 1 unspecified atom stereocenters. The highest BCUT2D eigenvalue weighted by Gasteiger charge is 2.30. The van der Waals surface area contributed by atoms with Crippen molar-refractivity contribution in [3.63, 3.8) is 0 Å². The fourth-order valence-electron chi connectivity index (χ4n) is 3.09. The van der Waals surface area contributed by atoms with Crippen molar-refractivity contribution in [2.75, 3.05) is 12.4 Å². The predicted molar refractivity (Wildman–Crippen MR) is 114 cm³/mol. The highest BCUT2D eigenvalue weighted by atomic mass is 32.2. The first kappa shape index (κ1) is 21.5. The Morgan fingerprint density at radius 2 is 1.93 bits per heavy atom. The van der Waals surface area contributed by atoms with E-state index in [-0.39, 0.29) is 30.6 Å². The second-order valence-electron chi connectivity index (χ2n) is 6.60. The molecule has 0 saturated carbocycles. The van der Waals surface area contributed by atoms with Crippen molar-refractivity contribution in [2.24, 2.45) is 0 Å². The zero-order valence-corrected chi connectivity index (χ0v) is 17.4. The van der Waals surface area contributed by atoms with Gasteiger partial charge in [-0.05, 0) is 30.2 Å². The normalized spacial score (nSPS) is 15.9. The molecule has 0 aromatic heterocycles. The number of hydrogen-bond donors (Lipinski definition) is 1. The van der Waals surface area contributed by atoms with Crippen molar-refractivity contribution >= 4 is 23.6 Å². The van der Waals surface area contributed by atoms with Crippen molar-refractivity contribution < 1.29 is 19.1 Å². The van der Waals surface area contributed by atoms with Gasteiger partial charge >= 0.3 is 5.97 Å². The highest BCUT2D eigenvalue weighted by molar-refractivity contribution is 8.03. The lowest BCUT2D eigenvalue weighted by molar-refractivity contribution is -0.141. The van der Waals surface area contributed by atoms with Crippen LogP contribution in [0.25, 0.3) is 0 Å². The first-order valence-electron chi connectivity index (χ1n) is 9.60. The Balaban J connectivity index is 1.67. The number of carbonyl (C=O) groups is 2. The molecule has 0 aliphatic carbocycles. The molecule has 7 heteroatoms. The Morgan fingerprint density at radius 3 is 2.60 bits per heavy atom. The fraction of sp³-hybridized carbons (Fsp3) is 0.261. The van der Waals surface area contributed by atoms with Gasteiger partial charge in [0.25, 0.3) is 0 Å². The minimum atomic E-state index is -0.411. The lowest BCUT2D eigenvalue weighted by Crippen LogP contribution is -2.31. The van der Waals surface area contributed by atoms with Crippen LogP contribution in [0.4, 0.5) is 0 Å². The summed E-state index contributed by atoms with van der Waals surface area (Å²) in [6, 6.07) is 19.0. The molecule has 3 rings (SSSR count). The molecule has 2 aromatic carbocycles. The van der Waals surface area contributed by atoms with E-state index in [2.05, 4.69) is 11.4 Å². The molecular weight excluding hydrogens is 400 g/mol. The number of rotatable bonds is 8. The molecule has 1 aliphatic heterocycles. The van der Waals surface area contributed by atoms with E-state index in [0.717, 1.165) is 28.6 Å². The Morgan fingerprint density at radius 1 is 1.20 bits per heavy atom. The predicted octanol–water partition coefficient (Wildman–Crippen LogP) is 3.90. The van der Waals surface area contributed by atoms with E-state index in [1.54, 1.807) is 0 Å². The van der Waals surface area contributed by atoms with Crippen molar-refractivity contribution in [1.82, 2.24) is 5.32 Å². The third-order valence-corrected chi connectivity index (χ3v) is 5.52. The van der Waals surface area contributed by atoms with Crippen LogP contribution >= 0.6 is 11.8 Å². The number of hydrogen-bond acceptors (Lipinski definition) is 6. The largest absolute Gasteiger partial charge is 0.494 e. The van der Waals surface area contributed by atoms with Crippen molar-refractivity contribution in [3.05, 3.63) is 76.3 Å². The minimum Gasteiger partial charge on any atom is -0.494 e. The van der Waals surface area contributed by atoms with Crippen LogP contribution in [-0.2, 0) is 20.9 Å². The van der Waals surface area contributed by atoms with Gasteiger partial charge in [-0.1, -0.05) is 54.2 Å². The average molecular weight is 423 g/mol. The van der Waals surface area contributed by atoms with Gasteiger partial charge in [0, 0.05) is 12.3 Å². The molecular formula is C23H22N2O4S. The number of amides is 1. The van der Waals surface area contributed by atoms with Gasteiger partial charge in [0.2, 0.25) is 5.91 Å². The molecule has 1 heterocycles. The molecule has 0 saturated heterocycles. The summed E-state index contributed by atoms with van der Waals surface area (Å²) in [5.74, 6) is -0.218. The second kappa shape index (κ2) is 10.5. The van der Waals surface area contributed by atoms with E-state index in [1.165, 1.54) is 0 Å². The summed E-state index contributed by atoms with van der Waals surface area (Å²) < 4.78 is 10.7. The lowest BCUT2D eigenvalue weighted by atomic mass is 9.87. The summed E-state index contributed by atoms with van der Waals surface area (Å²) in [4.78, 5) is 24.3. The number of nitrogens with one attached hydrogen (secondary N) is 1. The molecule has 1 aliphatic rings. The number of ether oxygens (including phenoxy) is 2. The molecule has 30 heavy (non-hydrogen) atoms. The van der Waals surface area contributed by atoms with E-state index in [9.17, 15) is 14.9 Å². The Hall–Kier alpha value is -3.24. The fourth-order valence-corrected chi connectivity index (χ4v) is 3.97. The molecule has 0 fully saturated rings. The van der Waals surface area contributed by atoms with Crippen LogP contribution in [0, 0.1) is 11.3 Å². The lowest BCUT2D eigenvalue weighted by Gasteiger charge is -2.25. The number of thioether (sulfide) groups is 1. The smallest absolute Gasteiger partial charge is 0.316 e. The molecule has 6 nitrogen and oxygen atoms in total. The topological polar surface area (TPSA) is 88.4 Å². The standard InChI is InChI=1S/C23H22N2O4S/c1-2-28-18-10-8-17(9-11-18)19-12-21(26)25-23(20(19)13-24)30-15-22(27)29-14-16-6-4-3-5-7-16/h3-11,19H,2,12,14-15H2,1H3,(H,25,26). The van der Waals surface area contributed by atoms with Gasteiger partial charge in [0.05, 0.1) is 29.0 Å². The van der Waals surface area contributed by atoms with Crippen LogP contribution in [-0.4, -0.2) is 24.2 Å². The molecule has 1 amide bonds. The quantitative estimate of drug-likeness (QED) is 0.649. The summed E-state index contributed by atoms with van der Waals surface area (Å²) in [6.45, 7) is 2.66. The molecule has 1 N–H and O–H groups in total. The number of allylic oxidation sites excluding steroid dienone is 1. The zero-order valence-electron chi connectivity index (χ0n) is 16.6. The van der Waals surface area contributed by atoms with Crippen molar-refractivity contribution in [2.45, 2.75) is 25.9 Å². The summed E-state index contributed by atoms with van der Waals surface area (Å²) in [6.07, 6.45) is 0.180. The monoisotopic (exact) mass is 422 g/mol. The first-order valence-corrected chi connectivity index (χ1v) is 10.6. The maximum Gasteiger partial charge on any atom is 0.316 e. The molecule has 0 bridgehead atoms. The van der Waals surface area contributed by atoms with Gasteiger partial charge < -0.3 is 14.8 Å².